The summed E-state index contributed by atoms with van der Waals surface area (Å²) < 4.78 is 1.61. The predicted octanol–water partition coefficient (Wildman–Crippen LogP) is 2.70. The monoisotopic (exact) mass is 385 g/mol. The Hall–Kier alpha value is -2.70. The van der Waals surface area contributed by atoms with Gasteiger partial charge in [0.15, 0.2) is 5.69 Å². The van der Waals surface area contributed by atoms with Gasteiger partial charge >= 0.3 is 0 Å². The number of carbonyl (C=O) groups excluding carboxylic acids is 1. The molecule has 0 aliphatic heterocycles. The van der Waals surface area contributed by atoms with Gasteiger partial charge in [-0.05, 0) is 30.7 Å². The molecule has 0 bridgehead atoms. The second-order valence-electron chi connectivity index (χ2n) is 6.09. The first kappa shape index (κ1) is 19.1. The molecule has 1 amide bonds. The van der Waals surface area contributed by atoms with Crippen molar-refractivity contribution in [1.82, 2.24) is 14.7 Å². The van der Waals surface area contributed by atoms with E-state index in [-0.39, 0.29) is 25.4 Å². The molecular weight excluding hydrogens is 366 g/mol. The Morgan fingerprint density at radius 2 is 1.96 bits per heavy atom. The zero-order chi connectivity index (χ0) is 19.4. The van der Waals surface area contributed by atoms with Gasteiger partial charge in [-0.25, -0.2) is 0 Å². The van der Waals surface area contributed by atoms with E-state index in [4.69, 9.17) is 11.6 Å². The van der Waals surface area contributed by atoms with Crippen molar-refractivity contribution in [3.8, 4) is 0 Å². The highest BCUT2D eigenvalue weighted by atomic mass is 35.5. The van der Waals surface area contributed by atoms with Crippen molar-refractivity contribution in [2.75, 3.05) is 13.2 Å². The molecule has 140 valence electrons. The number of benzene rings is 2. The Labute approximate surface area is 161 Å². The molecule has 0 atom stereocenters. The molecule has 1 heterocycles. The smallest absolute Gasteiger partial charge is 0.278 e. The van der Waals surface area contributed by atoms with Crippen molar-refractivity contribution >= 4 is 28.4 Å². The molecule has 0 fully saturated rings. The first-order valence-electron chi connectivity index (χ1n) is 8.69. The Morgan fingerprint density at radius 1 is 1.22 bits per heavy atom. The van der Waals surface area contributed by atoms with Crippen LogP contribution in [0.2, 0.25) is 5.02 Å². The van der Waals surface area contributed by atoms with Gasteiger partial charge in [-0.15, -0.1) is 0 Å². The number of aromatic nitrogens is 2. The minimum Gasteiger partial charge on any atom is -0.395 e. The summed E-state index contributed by atoms with van der Waals surface area (Å²) in [6.07, 6.45) is 0. The summed E-state index contributed by atoms with van der Waals surface area (Å²) >= 11 is 6.04. The van der Waals surface area contributed by atoms with Crippen molar-refractivity contribution in [3.63, 3.8) is 0 Å². The molecule has 6 nitrogen and oxygen atoms in total. The highest BCUT2D eigenvalue weighted by Gasteiger charge is 2.23. The SMILES string of the molecule is CCn1nc(C(=O)N(CCO)Cc2ccccc2)c(=O)c2cc(Cl)ccc21. The Balaban J connectivity index is 2.07. The standard InChI is InChI=1S/C20H20ClN3O3/c1-2-24-17-9-8-15(21)12-16(17)19(26)18(22-24)20(27)23(10-11-25)13-14-6-4-3-5-7-14/h3-9,12,25H,2,10-11,13H2,1H3. The fraction of sp³-hybridized carbons (Fsp3) is 0.250. The van der Waals surface area contributed by atoms with Crippen molar-refractivity contribution in [2.24, 2.45) is 0 Å². The molecule has 0 aliphatic rings. The van der Waals surface area contributed by atoms with Crippen LogP contribution in [0, 0.1) is 0 Å². The number of fused-ring (bicyclic) bond motifs is 1. The third-order valence-corrected chi connectivity index (χ3v) is 4.53. The molecule has 1 aromatic heterocycles. The molecule has 0 unspecified atom stereocenters. The second kappa shape index (κ2) is 8.33. The third-order valence-electron chi connectivity index (χ3n) is 4.29. The summed E-state index contributed by atoms with van der Waals surface area (Å²) in [5, 5.41) is 14.4. The number of aliphatic hydroxyl groups is 1. The summed E-state index contributed by atoms with van der Waals surface area (Å²) in [4.78, 5) is 27.4. The Bertz CT molecular complexity index is 1020. The van der Waals surface area contributed by atoms with Crippen LogP contribution in [0.25, 0.3) is 10.9 Å². The summed E-state index contributed by atoms with van der Waals surface area (Å²) in [5.41, 5.74) is 0.897. The number of amides is 1. The number of carbonyl (C=O) groups is 1. The largest absolute Gasteiger partial charge is 0.395 e. The fourth-order valence-corrected chi connectivity index (χ4v) is 3.14. The van der Waals surface area contributed by atoms with Crippen molar-refractivity contribution < 1.29 is 9.90 Å². The van der Waals surface area contributed by atoms with Gasteiger partial charge in [-0.2, -0.15) is 5.10 Å². The minimum absolute atomic E-state index is 0.106. The molecule has 0 saturated carbocycles. The quantitative estimate of drug-likeness (QED) is 0.707. The number of rotatable bonds is 6. The van der Waals surface area contributed by atoms with Crippen LogP contribution in [0.3, 0.4) is 0 Å². The number of aryl methyl sites for hydroxylation is 1. The molecule has 3 rings (SSSR count). The summed E-state index contributed by atoms with van der Waals surface area (Å²) in [7, 11) is 0. The molecule has 27 heavy (non-hydrogen) atoms. The summed E-state index contributed by atoms with van der Waals surface area (Å²) in [6.45, 7) is 2.56. The van der Waals surface area contributed by atoms with Gasteiger partial charge in [0.05, 0.1) is 17.5 Å². The van der Waals surface area contributed by atoms with Crippen LogP contribution in [-0.2, 0) is 13.1 Å². The topological polar surface area (TPSA) is 75.4 Å². The van der Waals surface area contributed by atoms with Crippen LogP contribution in [0.15, 0.2) is 53.3 Å². The highest BCUT2D eigenvalue weighted by Crippen LogP contribution is 2.17. The lowest BCUT2D eigenvalue weighted by Crippen LogP contribution is -2.37. The van der Waals surface area contributed by atoms with Gasteiger partial charge in [-0.3, -0.25) is 14.3 Å². The average molecular weight is 386 g/mol. The van der Waals surface area contributed by atoms with Gasteiger partial charge in [0, 0.05) is 24.7 Å². The molecule has 7 heteroatoms. The van der Waals surface area contributed by atoms with E-state index in [1.807, 2.05) is 37.3 Å². The summed E-state index contributed by atoms with van der Waals surface area (Å²) in [5.74, 6) is -0.512. The van der Waals surface area contributed by atoms with Crippen LogP contribution in [-0.4, -0.2) is 38.8 Å². The Morgan fingerprint density at radius 3 is 2.63 bits per heavy atom. The maximum Gasteiger partial charge on any atom is 0.278 e. The van der Waals surface area contributed by atoms with Crippen molar-refractivity contribution in [3.05, 3.63) is 75.0 Å². The number of nitrogens with zero attached hydrogens (tertiary/aromatic N) is 3. The Kier molecular flexibility index (Phi) is 5.88. The highest BCUT2D eigenvalue weighted by molar-refractivity contribution is 6.31. The van der Waals surface area contributed by atoms with Gasteiger partial charge < -0.3 is 10.0 Å². The zero-order valence-corrected chi connectivity index (χ0v) is 15.7. The molecule has 0 saturated heterocycles. The molecule has 3 aromatic rings. The number of hydrogen-bond acceptors (Lipinski definition) is 4. The second-order valence-corrected chi connectivity index (χ2v) is 6.53. The van der Waals surface area contributed by atoms with E-state index >= 15 is 0 Å². The molecule has 0 radical (unpaired) electrons. The molecule has 0 spiro atoms. The fourth-order valence-electron chi connectivity index (χ4n) is 2.97. The summed E-state index contributed by atoms with van der Waals surface area (Å²) in [6, 6.07) is 14.4. The third kappa shape index (κ3) is 4.02. The average Bonchev–Trinajstić information content (AvgIpc) is 2.68. The first-order valence-corrected chi connectivity index (χ1v) is 9.07. The number of hydrogen-bond donors (Lipinski definition) is 1. The van der Waals surface area contributed by atoms with Crippen LogP contribution >= 0.6 is 11.6 Å². The molecular formula is C20H20ClN3O3. The van der Waals surface area contributed by atoms with E-state index in [1.165, 1.54) is 4.90 Å². The van der Waals surface area contributed by atoms with Gasteiger partial charge in [-0.1, -0.05) is 41.9 Å². The van der Waals surface area contributed by atoms with E-state index in [0.29, 0.717) is 22.5 Å². The zero-order valence-electron chi connectivity index (χ0n) is 14.9. The van der Waals surface area contributed by atoms with Crippen molar-refractivity contribution in [1.29, 1.82) is 0 Å². The number of halogens is 1. The van der Waals surface area contributed by atoms with E-state index in [1.54, 1.807) is 22.9 Å². The van der Waals surface area contributed by atoms with Crippen LogP contribution < -0.4 is 5.43 Å². The lowest BCUT2D eigenvalue weighted by atomic mass is 10.1. The van der Waals surface area contributed by atoms with Gasteiger partial charge in [0.1, 0.15) is 0 Å². The van der Waals surface area contributed by atoms with Crippen LogP contribution in [0.4, 0.5) is 0 Å². The van der Waals surface area contributed by atoms with E-state index in [0.717, 1.165) is 5.56 Å². The molecule has 0 aliphatic carbocycles. The predicted molar refractivity (Wildman–Crippen MR) is 105 cm³/mol. The van der Waals surface area contributed by atoms with E-state index in [9.17, 15) is 14.7 Å². The number of aliphatic hydroxyl groups excluding tert-OH is 1. The first-order chi connectivity index (χ1) is 13.0. The van der Waals surface area contributed by atoms with Crippen LogP contribution in [0.1, 0.15) is 23.0 Å². The maximum absolute atomic E-state index is 13.1. The molecule has 1 N–H and O–H groups in total. The normalized spacial score (nSPS) is 10.9. The molecule has 2 aromatic carbocycles. The minimum atomic E-state index is -0.512. The van der Waals surface area contributed by atoms with Crippen molar-refractivity contribution in [2.45, 2.75) is 20.0 Å². The lowest BCUT2D eigenvalue weighted by Gasteiger charge is -2.22. The maximum atomic E-state index is 13.1. The van der Waals surface area contributed by atoms with Gasteiger partial charge in [0.25, 0.3) is 5.91 Å². The lowest BCUT2D eigenvalue weighted by molar-refractivity contribution is 0.0698. The van der Waals surface area contributed by atoms with Crippen LogP contribution in [0.5, 0.6) is 0 Å². The van der Waals surface area contributed by atoms with E-state index in [2.05, 4.69) is 5.10 Å². The van der Waals surface area contributed by atoms with Gasteiger partial charge in [0.2, 0.25) is 5.43 Å². The van der Waals surface area contributed by atoms with E-state index < -0.39 is 11.3 Å².